The van der Waals surface area contributed by atoms with Crippen LogP contribution in [0.25, 0.3) is 21.8 Å². The fourth-order valence-electron chi connectivity index (χ4n) is 4.31. The molecule has 2 N–H and O–H groups in total. The highest BCUT2D eigenvalue weighted by atomic mass is 32.2. The van der Waals surface area contributed by atoms with E-state index in [0.717, 1.165) is 34.6 Å². The Balaban J connectivity index is 1.76. The van der Waals surface area contributed by atoms with Crippen LogP contribution in [0.4, 0.5) is 5.69 Å². The van der Waals surface area contributed by atoms with E-state index in [9.17, 15) is 13.2 Å². The molecule has 1 aliphatic heterocycles. The van der Waals surface area contributed by atoms with Crippen molar-refractivity contribution in [2.45, 2.75) is 31.1 Å². The summed E-state index contributed by atoms with van der Waals surface area (Å²) >= 11 is 0. The minimum Gasteiger partial charge on any atom is -0.341 e. The number of anilines is 1. The van der Waals surface area contributed by atoms with Crippen molar-refractivity contribution in [1.82, 2.24) is 9.88 Å². The molecule has 0 radical (unpaired) electrons. The Hall–Kier alpha value is -2.38. The van der Waals surface area contributed by atoms with E-state index in [4.69, 9.17) is 0 Å². The summed E-state index contributed by atoms with van der Waals surface area (Å²) in [5.41, 5.74) is 2.87. The molecule has 2 heterocycles. The van der Waals surface area contributed by atoms with E-state index in [1.165, 1.54) is 0 Å². The van der Waals surface area contributed by atoms with Crippen LogP contribution in [-0.2, 0) is 21.2 Å². The molecule has 1 aliphatic rings. The van der Waals surface area contributed by atoms with E-state index >= 15 is 0 Å². The van der Waals surface area contributed by atoms with Crippen molar-refractivity contribution in [2.75, 3.05) is 24.7 Å². The largest absolute Gasteiger partial charge is 0.341 e. The van der Waals surface area contributed by atoms with Gasteiger partial charge in [-0.05, 0) is 57.1 Å². The van der Waals surface area contributed by atoms with E-state index in [0.29, 0.717) is 18.8 Å². The highest BCUT2D eigenvalue weighted by Gasteiger charge is 2.48. The van der Waals surface area contributed by atoms with Gasteiger partial charge in [-0.25, -0.2) is 8.42 Å². The summed E-state index contributed by atoms with van der Waals surface area (Å²) in [4.78, 5) is 13.1. The van der Waals surface area contributed by atoms with Crippen molar-refractivity contribution < 1.29 is 13.2 Å². The molecule has 1 saturated heterocycles. The zero-order chi connectivity index (χ0) is 19.9. The van der Waals surface area contributed by atoms with Crippen molar-refractivity contribution in [2.24, 2.45) is 0 Å². The molecule has 0 bridgehead atoms. The Morgan fingerprint density at radius 3 is 2.46 bits per heavy atom. The van der Waals surface area contributed by atoms with Crippen LogP contribution in [0.2, 0.25) is 0 Å². The maximum atomic E-state index is 13.1. The van der Waals surface area contributed by atoms with E-state index < -0.39 is 20.5 Å². The Morgan fingerprint density at radius 2 is 1.79 bits per heavy atom. The highest BCUT2D eigenvalue weighted by Crippen LogP contribution is 2.33. The van der Waals surface area contributed by atoms with Crippen molar-refractivity contribution >= 4 is 43.2 Å². The molecule has 4 rings (SSSR count). The van der Waals surface area contributed by atoms with Gasteiger partial charge in [-0.2, -0.15) is 0 Å². The van der Waals surface area contributed by atoms with Gasteiger partial charge in [0.1, 0.15) is 0 Å². The number of aromatic nitrogens is 1. The van der Waals surface area contributed by atoms with Gasteiger partial charge in [0.2, 0.25) is 5.91 Å². The average molecular weight is 400 g/mol. The summed E-state index contributed by atoms with van der Waals surface area (Å²) in [5.74, 6) is -0.435. The second kappa shape index (κ2) is 6.90. The third kappa shape index (κ3) is 2.89. The average Bonchev–Trinajstić information content (AvgIpc) is 3.00. The number of aryl methyl sites for hydroxylation is 1. The van der Waals surface area contributed by atoms with Crippen molar-refractivity contribution in [3.05, 3.63) is 42.5 Å². The molecule has 6 nitrogen and oxygen atoms in total. The lowest BCUT2D eigenvalue weighted by molar-refractivity contribution is -0.119. The minimum atomic E-state index is -3.54. The SMILES string of the molecule is CCn1c2ccccc2c2cc(NC(=O)C3(S(C)(=O)=O)CCNCC3)ccc21. The van der Waals surface area contributed by atoms with Crippen LogP contribution in [-0.4, -0.2) is 43.0 Å². The second-order valence-electron chi connectivity index (χ2n) is 7.46. The Morgan fingerprint density at radius 1 is 1.11 bits per heavy atom. The van der Waals surface area contributed by atoms with Crippen molar-refractivity contribution in [1.29, 1.82) is 0 Å². The molecule has 0 spiro atoms. The van der Waals surface area contributed by atoms with Crippen LogP contribution in [0.1, 0.15) is 19.8 Å². The van der Waals surface area contributed by atoms with Crippen LogP contribution in [0, 0.1) is 0 Å². The van der Waals surface area contributed by atoms with Gasteiger partial charge in [-0.15, -0.1) is 0 Å². The van der Waals surface area contributed by atoms with Crippen LogP contribution in [0.5, 0.6) is 0 Å². The quantitative estimate of drug-likeness (QED) is 0.707. The number of para-hydroxylation sites is 1. The number of rotatable bonds is 4. The van der Waals surface area contributed by atoms with E-state index in [2.05, 4.69) is 34.3 Å². The number of fused-ring (bicyclic) bond motifs is 3. The molecule has 3 aromatic rings. The van der Waals surface area contributed by atoms with Gasteiger partial charge in [0, 0.05) is 40.3 Å². The molecule has 0 atom stereocenters. The number of nitrogens with one attached hydrogen (secondary N) is 2. The lowest BCUT2D eigenvalue weighted by Crippen LogP contribution is -2.55. The predicted molar refractivity (Wildman–Crippen MR) is 113 cm³/mol. The maximum absolute atomic E-state index is 13.1. The first kappa shape index (κ1) is 19.0. The third-order valence-electron chi connectivity index (χ3n) is 5.88. The molecule has 0 aliphatic carbocycles. The number of nitrogens with zero attached hydrogens (tertiary/aromatic N) is 1. The monoisotopic (exact) mass is 399 g/mol. The van der Waals surface area contributed by atoms with Crippen LogP contribution < -0.4 is 10.6 Å². The van der Waals surface area contributed by atoms with Gasteiger partial charge in [0.25, 0.3) is 0 Å². The number of benzene rings is 2. The summed E-state index contributed by atoms with van der Waals surface area (Å²) < 4.78 is 25.8. The summed E-state index contributed by atoms with van der Waals surface area (Å²) in [6, 6.07) is 14.0. The number of hydrogen-bond acceptors (Lipinski definition) is 4. The number of piperidine rings is 1. The molecular formula is C21H25N3O3S. The van der Waals surface area contributed by atoms with Crippen LogP contribution in [0.15, 0.2) is 42.5 Å². The first-order valence-corrected chi connectivity index (χ1v) is 11.5. The minimum absolute atomic E-state index is 0.287. The predicted octanol–water partition coefficient (Wildman–Crippen LogP) is 2.92. The second-order valence-corrected chi connectivity index (χ2v) is 9.79. The van der Waals surface area contributed by atoms with Crippen molar-refractivity contribution in [3.63, 3.8) is 0 Å². The zero-order valence-electron chi connectivity index (χ0n) is 16.2. The first-order valence-electron chi connectivity index (χ1n) is 9.60. The summed E-state index contributed by atoms with van der Waals surface area (Å²) in [6.07, 6.45) is 1.74. The van der Waals surface area contributed by atoms with Gasteiger partial charge in [0.05, 0.1) is 0 Å². The van der Waals surface area contributed by atoms with E-state index in [-0.39, 0.29) is 12.8 Å². The number of carbonyl (C=O) groups is 1. The summed E-state index contributed by atoms with van der Waals surface area (Å²) in [6.45, 7) is 3.99. The van der Waals surface area contributed by atoms with Gasteiger partial charge in [-0.1, -0.05) is 18.2 Å². The standard InChI is InChI=1S/C21H25N3O3S/c1-3-24-18-7-5-4-6-16(18)17-14-15(8-9-19(17)24)23-20(25)21(28(2,26)27)10-12-22-13-11-21/h4-9,14,22H,3,10-13H2,1-2H3,(H,23,25). The van der Waals surface area contributed by atoms with Crippen LogP contribution in [0.3, 0.4) is 0 Å². The molecule has 28 heavy (non-hydrogen) atoms. The molecule has 7 heteroatoms. The Labute approximate surface area is 164 Å². The number of amides is 1. The number of sulfone groups is 1. The maximum Gasteiger partial charge on any atom is 0.245 e. The van der Waals surface area contributed by atoms with E-state index in [1.54, 1.807) is 0 Å². The highest BCUT2D eigenvalue weighted by molar-refractivity contribution is 7.92. The van der Waals surface area contributed by atoms with Gasteiger partial charge >= 0.3 is 0 Å². The lowest BCUT2D eigenvalue weighted by Gasteiger charge is -2.34. The van der Waals surface area contributed by atoms with Gasteiger partial charge in [0.15, 0.2) is 14.6 Å². The molecule has 1 fully saturated rings. The Bertz CT molecular complexity index is 1160. The molecule has 1 amide bonds. The molecule has 2 aromatic carbocycles. The smallest absolute Gasteiger partial charge is 0.245 e. The lowest BCUT2D eigenvalue weighted by atomic mass is 9.95. The summed E-state index contributed by atoms with van der Waals surface area (Å²) in [5, 5.41) is 8.20. The Kier molecular flexibility index (Phi) is 4.67. The van der Waals surface area contributed by atoms with E-state index in [1.807, 2.05) is 30.3 Å². The molecule has 1 aromatic heterocycles. The molecular weight excluding hydrogens is 374 g/mol. The molecule has 0 unspecified atom stereocenters. The molecule has 0 saturated carbocycles. The zero-order valence-corrected chi connectivity index (χ0v) is 17.0. The fourth-order valence-corrected chi connectivity index (χ4v) is 5.65. The topological polar surface area (TPSA) is 80.2 Å². The molecule has 148 valence electrons. The number of hydrogen-bond donors (Lipinski definition) is 2. The van der Waals surface area contributed by atoms with Gasteiger partial charge < -0.3 is 15.2 Å². The third-order valence-corrected chi connectivity index (χ3v) is 7.89. The fraction of sp³-hybridized carbons (Fsp3) is 0.381. The van der Waals surface area contributed by atoms with Crippen LogP contribution >= 0.6 is 0 Å². The van der Waals surface area contributed by atoms with Crippen molar-refractivity contribution in [3.8, 4) is 0 Å². The summed E-state index contributed by atoms with van der Waals surface area (Å²) in [7, 11) is -3.54. The van der Waals surface area contributed by atoms with Gasteiger partial charge in [-0.3, -0.25) is 4.79 Å². The first-order chi connectivity index (χ1) is 13.4. The normalized spacial score (nSPS) is 17.1. The number of carbonyl (C=O) groups excluding carboxylic acids is 1.